The monoisotopic (exact) mass is 265 g/mol. The molecule has 0 aliphatic rings. The fraction of sp³-hybridized carbons (Fsp3) is 0.467. The predicted octanol–water partition coefficient (Wildman–Crippen LogP) is 2.94. The van der Waals surface area contributed by atoms with E-state index in [0.717, 1.165) is 5.56 Å². The summed E-state index contributed by atoms with van der Waals surface area (Å²) in [5.41, 5.74) is 1.07. The Hall–Kier alpha value is -1.68. The Morgan fingerprint density at radius 3 is 1.95 bits per heavy atom. The maximum Gasteiger partial charge on any atom is 0.203 e. The first-order valence-corrected chi connectivity index (χ1v) is 6.25. The molecule has 4 nitrogen and oxygen atoms in total. The highest BCUT2D eigenvalue weighted by atomic mass is 16.5. The van der Waals surface area contributed by atoms with E-state index in [0.29, 0.717) is 17.2 Å². The third-order valence-corrected chi connectivity index (χ3v) is 3.05. The van der Waals surface area contributed by atoms with Gasteiger partial charge in [-0.3, -0.25) is 0 Å². The lowest BCUT2D eigenvalue weighted by Crippen LogP contribution is -2.27. The molecule has 0 amide bonds. The highest BCUT2D eigenvalue weighted by Crippen LogP contribution is 2.39. The summed E-state index contributed by atoms with van der Waals surface area (Å²) in [6, 6.07) is 4.29. The van der Waals surface area contributed by atoms with Gasteiger partial charge in [0.2, 0.25) is 5.75 Å². The topological polar surface area (TPSA) is 39.7 Å². The molecular formula is C15H23NO3. The number of nitrogens with one attached hydrogen (secondary N) is 1. The van der Waals surface area contributed by atoms with E-state index in [1.165, 1.54) is 0 Å². The Bertz CT molecular complexity index is 406. The molecule has 4 heteroatoms. The van der Waals surface area contributed by atoms with Gasteiger partial charge in [-0.05, 0) is 31.5 Å². The lowest BCUT2D eigenvalue weighted by molar-refractivity contribution is 0.323. The Balaban J connectivity index is 3.11. The van der Waals surface area contributed by atoms with Crippen LogP contribution in [0.15, 0.2) is 24.8 Å². The lowest BCUT2D eigenvalue weighted by atomic mass is 10.1. The second kappa shape index (κ2) is 7.04. The molecule has 1 aromatic carbocycles. The summed E-state index contributed by atoms with van der Waals surface area (Å²) in [5.74, 6) is 1.94. The van der Waals surface area contributed by atoms with Crippen molar-refractivity contribution in [3.8, 4) is 17.2 Å². The van der Waals surface area contributed by atoms with E-state index in [4.69, 9.17) is 14.2 Å². The molecule has 0 spiro atoms. The van der Waals surface area contributed by atoms with E-state index in [-0.39, 0.29) is 12.1 Å². The number of rotatable bonds is 7. The molecule has 0 aliphatic carbocycles. The predicted molar refractivity (Wildman–Crippen MR) is 77.3 cm³/mol. The van der Waals surface area contributed by atoms with E-state index in [2.05, 4.69) is 25.7 Å². The standard InChI is InChI=1S/C15H23NO3/c1-7-10(2)16-11(3)12-8-13(17-4)15(19-6)14(9-12)18-5/h7-11,16H,1H2,2-6H3. The van der Waals surface area contributed by atoms with Crippen LogP contribution in [0.1, 0.15) is 25.5 Å². The molecule has 0 aromatic heterocycles. The van der Waals surface area contributed by atoms with Crippen LogP contribution in [0.4, 0.5) is 0 Å². The first kappa shape index (κ1) is 15.4. The number of hydrogen-bond donors (Lipinski definition) is 1. The molecule has 1 aromatic rings. The Morgan fingerprint density at radius 2 is 1.58 bits per heavy atom. The number of methoxy groups -OCH3 is 3. The van der Waals surface area contributed by atoms with E-state index >= 15 is 0 Å². The second-order valence-corrected chi connectivity index (χ2v) is 4.37. The quantitative estimate of drug-likeness (QED) is 0.769. The van der Waals surface area contributed by atoms with Crippen LogP contribution < -0.4 is 19.5 Å². The van der Waals surface area contributed by atoms with Crippen molar-refractivity contribution in [1.82, 2.24) is 5.32 Å². The summed E-state index contributed by atoms with van der Waals surface area (Å²) in [5, 5.41) is 3.42. The molecule has 0 fully saturated rings. The molecule has 19 heavy (non-hydrogen) atoms. The molecule has 106 valence electrons. The van der Waals surface area contributed by atoms with Crippen molar-refractivity contribution in [1.29, 1.82) is 0 Å². The van der Waals surface area contributed by atoms with Crippen molar-refractivity contribution in [2.45, 2.75) is 25.9 Å². The third-order valence-electron chi connectivity index (χ3n) is 3.05. The van der Waals surface area contributed by atoms with Crippen molar-refractivity contribution < 1.29 is 14.2 Å². The van der Waals surface area contributed by atoms with Gasteiger partial charge in [-0.25, -0.2) is 0 Å². The fourth-order valence-corrected chi connectivity index (χ4v) is 1.91. The molecule has 2 atom stereocenters. The molecule has 0 saturated carbocycles. The zero-order valence-corrected chi connectivity index (χ0v) is 12.3. The average Bonchev–Trinajstić information content (AvgIpc) is 2.44. The van der Waals surface area contributed by atoms with Crippen molar-refractivity contribution in [3.63, 3.8) is 0 Å². The highest BCUT2D eigenvalue weighted by Gasteiger charge is 2.16. The first-order valence-electron chi connectivity index (χ1n) is 6.25. The van der Waals surface area contributed by atoms with E-state index < -0.39 is 0 Å². The van der Waals surface area contributed by atoms with Gasteiger partial charge in [0, 0.05) is 12.1 Å². The third kappa shape index (κ3) is 3.64. The van der Waals surface area contributed by atoms with Crippen molar-refractivity contribution in [2.24, 2.45) is 0 Å². The maximum absolute atomic E-state index is 5.35. The summed E-state index contributed by atoms with van der Waals surface area (Å²) in [4.78, 5) is 0. The van der Waals surface area contributed by atoms with Gasteiger partial charge in [-0.2, -0.15) is 0 Å². The number of benzene rings is 1. The molecular weight excluding hydrogens is 242 g/mol. The minimum atomic E-state index is 0.154. The summed E-state index contributed by atoms with van der Waals surface area (Å²) in [6.45, 7) is 7.91. The summed E-state index contributed by atoms with van der Waals surface area (Å²) in [7, 11) is 4.83. The van der Waals surface area contributed by atoms with Gasteiger partial charge in [-0.1, -0.05) is 6.08 Å². The molecule has 1 rings (SSSR count). The van der Waals surface area contributed by atoms with Gasteiger partial charge in [0.25, 0.3) is 0 Å². The van der Waals surface area contributed by atoms with Gasteiger partial charge < -0.3 is 19.5 Å². The Kier molecular flexibility index (Phi) is 5.70. The largest absolute Gasteiger partial charge is 0.493 e. The zero-order chi connectivity index (χ0) is 14.4. The Labute approximate surface area is 115 Å². The van der Waals surface area contributed by atoms with Crippen LogP contribution in [0, 0.1) is 0 Å². The number of ether oxygens (including phenoxy) is 3. The van der Waals surface area contributed by atoms with Gasteiger partial charge in [0.15, 0.2) is 11.5 Å². The molecule has 0 aliphatic heterocycles. The fourth-order valence-electron chi connectivity index (χ4n) is 1.91. The smallest absolute Gasteiger partial charge is 0.203 e. The second-order valence-electron chi connectivity index (χ2n) is 4.37. The molecule has 2 unspecified atom stereocenters. The normalized spacial score (nSPS) is 13.5. The first-order chi connectivity index (χ1) is 9.07. The zero-order valence-electron chi connectivity index (χ0n) is 12.3. The maximum atomic E-state index is 5.35. The molecule has 0 heterocycles. The summed E-state index contributed by atoms with van der Waals surface area (Å²) >= 11 is 0. The minimum Gasteiger partial charge on any atom is -0.493 e. The van der Waals surface area contributed by atoms with Crippen LogP contribution in [-0.4, -0.2) is 27.4 Å². The summed E-state index contributed by atoms with van der Waals surface area (Å²) in [6.07, 6.45) is 1.87. The molecule has 0 bridgehead atoms. The van der Waals surface area contributed by atoms with E-state index in [1.807, 2.05) is 18.2 Å². The van der Waals surface area contributed by atoms with Gasteiger partial charge >= 0.3 is 0 Å². The molecule has 0 radical (unpaired) electrons. The van der Waals surface area contributed by atoms with Crippen molar-refractivity contribution in [3.05, 3.63) is 30.4 Å². The van der Waals surface area contributed by atoms with Crippen LogP contribution in [0.2, 0.25) is 0 Å². The minimum absolute atomic E-state index is 0.154. The number of hydrogen-bond acceptors (Lipinski definition) is 4. The lowest BCUT2D eigenvalue weighted by Gasteiger charge is -2.20. The van der Waals surface area contributed by atoms with Crippen LogP contribution in [-0.2, 0) is 0 Å². The van der Waals surface area contributed by atoms with Crippen molar-refractivity contribution in [2.75, 3.05) is 21.3 Å². The van der Waals surface area contributed by atoms with Gasteiger partial charge in [0.1, 0.15) is 0 Å². The van der Waals surface area contributed by atoms with Gasteiger partial charge in [-0.15, -0.1) is 6.58 Å². The van der Waals surface area contributed by atoms with E-state index in [1.54, 1.807) is 21.3 Å². The van der Waals surface area contributed by atoms with Crippen molar-refractivity contribution >= 4 is 0 Å². The van der Waals surface area contributed by atoms with Gasteiger partial charge in [0.05, 0.1) is 21.3 Å². The van der Waals surface area contributed by atoms with Crippen LogP contribution in [0.3, 0.4) is 0 Å². The molecule has 1 N–H and O–H groups in total. The van der Waals surface area contributed by atoms with Crippen LogP contribution in [0.25, 0.3) is 0 Å². The van der Waals surface area contributed by atoms with Crippen LogP contribution in [0.5, 0.6) is 17.2 Å². The average molecular weight is 265 g/mol. The Morgan fingerprint density at radius 1 is 1.05 bits per heavy atom. The summed E-state index contributed by atoms with van der Waals surface area (Å²) < 4.78 is 16.0. The van der Waals surface area contributed by atoms with E-state index in [9.17, 15) is 0 Å². The highest BCUT2D eigenvalue weighted by molar-refractivity contribution is 5.54. The SMILES string of the molecule is C=CC(C)NC(C)c1cc(OC)c(OC)c(OC)c1. The van der Waals surface area contributed by atoms with Crippen LogP contribution >= 0.6 is 0 Å². The molecule has 0 saturated heterocycles.